The highest BCUT2D eigenvalue weighted by Gasteiger charge is 2.40. The molecule has 1 aliphatic carbocycles. The summed E-state index contributed by atoms with van der Waals surface area (Å²) in [6.45, 7) is 2.66. The first-order valence-corrected chi connectivity index (χ1v) is 14.4. The predicted octanol–water partition coefficient (Wildman–Crippen LogP) is 2.52. The van der Waals surface area contributed by atoms with Crippen LogP contribution in [0.3, 0.4) is 0 Å². The molecule has 40 heavy (non-hydrogen) atoms. The van der Waals surface area contributed by atoms with Crippen LogP contribution >= 0.6 is 0 Å². The number of carbonyl (C=O) groups excluding carboxylic acids is 3. The van der Waals surface area contributed by atoms with Crippen molar-refractivity contribution in [2.75, 3.05) is 20.1 Å². The SMILES string of the molecule is C[C@@H]1C(=O)N[C@H](Cc2ccc(F)cc2)C(=O)NCCCc2cccc3c2O[C@@H](CC3)CN[C@@H](C2CC2)C(=O)N1C. The number of nitrogens with zero attached hydrogens (tertiary/aromatic N) is 1. The van der Waals surface area contributed by atoms with E-state index in [1.165, 1.54) is 22.6 Å². The van der Waals surface area contributed by atoms with Crippen LogP contribution in [0.2, 0.25) is 0 Å². The van der Waals surface area contributed by atoms with Gasteiger partial charge in [-0.3, -0.25) is 14.4 Å². The largest absolute Gasteiger partial charge is 0.489 e. The fourth-order valence-corrected chi connectivity index (χ4v) is 5.57. The van der Waals surface area contributed by atoms with Gasteiger partial charge in [-0.25, -0.2) is 4.39 Å². The minimum Gasteiger partial charge on any atom is -0.489 e. The van der Waals surface area contributed by atoms with E-state index in [9.17, 15) is 18.8 Å². The maximum absolute atomic E-state index is 13.6. The summed E-state index contributed by atoms with van der Waals surface area (Å²) < 4.78 is 19.9. The summed E-state index contributed by atoms with van der Waals surface area (Å²) in [7, 11) is 1.64. The molecule has 1 saturated carbocycles. The van der Waals surface area contributed by atoms with Gasteiger partial charge in [-0.05, 0) is 80.2 Å². The number of rotatable bonds is 3. The van der Waals surface area contributed by atoms with Crippen LogP contribution < -0.4 is 20.7 Å². The van der Waals surface area contributed by atoms with Gasteiger partial charge in [0.2, 0.25) is 17.7 Å². The van der Waals surface area contributed by atoms with Gasteiger partial charge >= 0.3 is 0 Å². The highest BCUT2D eigenvalue weighted by molar-refractivity contribution is 5.93. The lowest BCUT2D eigenvalue weighted by Crippen LogP contribution is -2.57. The smallest absolute Gasteiger partial charge is 0.243 e. The summed E-state index contributed by atoms with van der Waals surface area (Å²) in [6, 6.07) is 10.1. The zero-order valence-electron chi connectivity index (χ0n) is 23.3. The van der Waals surface area contributed by atoms with Crippen LogP contribution in [0.4, 0.5) is 4.39 Å². The minimum absolute atomic E-state index is 0.0421. The monoisotopic (exact) mass is 550 g/mol. The Morgan fingerprint density at radius 3 is 2.42 bits per heavy atom. The van der Waals surface area contributed by atoms with E-state index in [1.54, 1.807) is 26.1 Å². The molecule has 2 heterocycles. The number of fused-ring (bicyclic) bond motifs is 1. The minimum atomic E-state index is -0.867. The van der Waals surface area contributed by atoms with Gasteiger partial charge < -0.3 is 25.6 Å². The van der Waals surface area contributed by atoms with Crippen molar-refractivity contribution in [3.63, 3.8) is 0 Å². The Morgan fingerprint density at radius 1 is 0.975 bits per heavy atom. The molecule has 2 aromatic rings. The number of aryl methyl sites for hydroxylation is 2. The number of halogens is 1. The summed E-state index contributed by atoms with van der Waals surface area (Å²) in [5, 5.41) is 9.29. The number of carbonyl (C=O) groups is 3. The van der Waals surface area contributed by atoms with Crippen molar-refractivity contribution in [2.45, 2.75) is 76.1 Å². The Kier molecular flexibility index (Phi) is 8.69. The van der Waals surface area contributed by atoms with Gasteiger partial charge in [-0.2, -0.15) is 0 Å². The summed E-state index contributed by atoms with van der Waals surface area (Å²) in [4.78, 5) is 41.6. The molecule has 3 amide bonds. The van der Waals surface area contributed by atoms with Crippen molar-refractivity contribution in [1.29, 1.82) is 0 Å². The lowest BCUT2D eigenvalue weighted by molar-refractivity contribution is -0.141. The second-order valence-corrected chi connectivity index (χ2v) is 11.3. The highest BCUT2D eigenvalue weighted by Crippen LogP contribution is 2.35. The first kappa shape index (κ1) is 28.1. The lowest BCUT2D eigenvalue weighted by Gasteiger charge is -2.32. The quantitative estimate of drug-likeness (QED) is 0.546. The van der Waals surface area contributed by atoms with Crippen molar-refractivity contribution in [3.8, 4) is 5.75 Å². The number of ether oxygens (including phenoxy) is 1. The van der Waals surface area contributed by atoms with E-state index in [-0.39, 0.29) is 36.1 Å². The third kappa shape index (κ3) is 6.63. The van der Waals surface area contributed by atoms with E-state index in [2.05, 4.69) is 28.1 Å². The Balaban J connectivity index is 1.39. The van der Waals surface area contributed by atoms with Gasteiger partial charge in [0.15, 0.2) is 0 Å². The Bertz CT molecular complexity index is 1230. The van der Waals surface area contributed by atoms with Crippen LogP contribution in [0, 0.1) is 11.7 Å². The number of hydrogen-bond acceptors (Lipinski definition) is 5. The van der Waals surface area contributed by atoms with Gasteiger partial charge in [-0.15, -0.1) is 0 Å². The van der Waals surface area contributed by atoms with Gasteiger partial charge in [0.1, 0.15) is 29.8 Å². The van der Waals surface area contributed by atoms with Crippen LogP contribution in [0.25, 0.3) is 0 Å². The average Bonchev–Trinajstić information content (AvgIpc) is 3.80. The summed E-state index contributed by atoms with van der Waals surface area (Å²) >= 11 is 0. The fraction of sp³-hybridized carbons (Fsp3) is 0.516. The molecule has 0 aromatic heterocycles. The van der Waals surface area contributed by atoms with E-state index in [4.69, 9.17) is 4.74 Å². The second-order valence-electron chi connectivity index (χ2n) is 11.3. The molecule has 1 fully saturated rings. The van der Waals surface area contributed by atoms with Gasteiger partial charge in [0.25, 0.3) is 0 Å². The Labute approximate surface area is 235 Å². The molecule has 3 N–H and O–H groups in total. The molecule has 2 aromatic carbocycles. The Morgan fingerprint density at radius 2 is 1.70 bits per heavy atom. The van der Waals surface area contributed by atoms with E-state index < -0.39 is 24.0 Å². The molecule has 8 nitrogen and oxygen atoms in total. The summed E-state index contributed by atoms with van der Waals surface area (Å²) in [5.74, 6) is -0.0703. The lowest BCUT2D eigenvalue weighted by atomic mass is 9.96. The van der Waals surface area contributed by atoms with E-state index in [0.717, 1.165) is 49.0 Å². The molecule has 0 saturated heterocycles. The second kappa shape index (κ2) is 12.4. The summed E-state index contributed by atoms with van der Waals surface area (Å²) in [6.07, 6.45) is 5.33. The van der Waals surface area contributed by atoms with Crippen LogP contribution in [-0.4, -0.2) is 67.0 Å². The normalized spacial score (nSPS) is 26.7. The molecular weight excluding hydrogens is 511 g/mol. The first-order valence-electron chi connectivity index (χ1n) is 14.4. The van der Waals surface area contributed by atoms with Crippen molar-refractivity contribution >= 4 is 17.7 Å². The molecule has 0 radical (unpaired) electrons. The number of para-hydroxylation sites is 1. The topological polar surface area (TPSA) is 99.8 Å². The number of amides is 3. The fourth-order valence-electron chi connectivity index (χ4n) is 5.57. The zero-order valence-corrected chi connectivity index (χ0v) is 23.3. The van der Waals surface area contributed by atoms with E-state index in [1.807, 2.05) is 6.07 Å². The number of hydrogen-bond donors (Lipinski definition) is 3. The van der Waals surface area contributed by atoms with Gasteiger partial charge in [0, 0.05) is 26.6 Å². The first-order chi connectivity index (χ1) is 19.3. The molecule has 4 atom stereocenters. The third-order valence-electron chi connectivity index (χ3n) is 8.34. The highest BCUT2D eigenvalue weighted by atomic mass is 19.1. The maximum atomic E-state index is 13.6. The van der Waals surface area contributed by atoms with Crippen LogP contribution in [0.5, 0.6) is 5.75 Å². The number of benzene rings is 2. The van der Waals surface area contributed by atoms with Crippen LogP contribution in [0.15, 0.2) is 42.5 Å². The molecule has 0 spiro atoms. The van der Waals surface area contributed by atoms with Gasteiger partial charge in [0.05, 0.1) is 6.04 Å². The molecule has 2 bridgehead atoms. The predicted molar refractivity (Wildman–Crippen MR) is 149 cm³/mol. The maximum Gasteiger partial charge on any atom is 0.243 e. The number of nitrogens with one attached hydrogen (secondary N) is 3. The van der Waals surface area contributed by atoms with Crippen LogP contribution in [-0.2, 0) is 33.6 Å². The standard InChI is InChI=1S/C31H39FN4O4/c1-19-29(37)35-26(17-20-8-13-24(32)14-9-20)30(38)33-16-4-7-22-5-3-6-23-12-15-25(40-28(22)23)18-34-27(21-10-11-21)31(39)36(19)2/h3,5-6,8-9,13-14,19,21,25-27,34H,4,7,10-12,15-18H2,1-2H3,(H,33,38)(H,35,37)/t19-,25+,26-,27+/m1/s1. The van der Waals surface area contributed by atoms with Crippen molar-refractivity contribution in [1.82, 2.24) is 20.9 Å². The van der Waals surface area contributed by atoms with Crippen molar-refractivity contribution in [2.24, 2.45) is 5.92 Å². The zero-order chi connectivity index (χ0) is 28.2. The average molecular weight is 551 g/mol. The van der Waals surface area contributed by atoms with Crippen molar-refractivity contribution < 1.29 is 23.5 Å². The summed E-state index contributed by atoms with van der Waals surface area (Å²) in [5.41, 5.74) is 3.02. The molecule has 2 aliphatic heterocycles. The van der Waals surface area contributed by atoms with Gasteiger partial charge in [-0.1, -0.05) is 30.3 Å². The third-order valence-corrected chi connectivity index (χ3v) is 8.34. The number of likely N-dealkylation sites (N-methyl/N-ethyl adjacent to an activating group) is 1. The van der Waals surface area contributed by atoms with Crippen molar-refractivity contribution in [3.05, 3.63) is 65.0 Å². The van der Waals surface area contributed by atoms with E-state index in [0.29, 0.717) is 19.5 Å². The molecular formula is C31H39FN4O4. The molecule has 9 heteroatoms. The Hall–Kier alpha value is -3.46. The van der Waals surface area contributed by atoms with Crippen LogP contribution in [0.1, 0.15) is 49.3 Å². The molecule has 3 aliphatic rings. The molecule has 0 unspecified atom stereocenters. The molecule has 214 valence electrons. The molecule has 5 rings (SSSR count). The van der Waals surface area contributed by atoms with E-state index >= 15 is 0 Å².